The molecule has 8 rings (SSSR count). The largest absolute Gasteiger partial charge is 0.507 e. The van der Waals surface area contributed by atoms with Gasteiger partial charge in [0.15, 0.2) is 0 Å². The van der Waals surface area contributed by atoms with Gasteiger partial charge in [0.25, 0.3) is 0 Å². The first-order valence-corrected chi connectivity index (χ1v) is 18.8. The molecule has 2 heterocycles. The van der Waals surface area contributed by atoms with E-state index in [1.165, 1.54) is 36.4 Å². The van der Waals surface area contributed by atoms with E-state index in [2.05, 4.69) is 0 Å². The van der Waals surface area contributed by atoms with E-state index in [0.717, 1.165) is 24.3 Å². The molecule has 0 aromatic heterocycles. The minimum Gasteiger partial charge on any atom is -0.507 e. The van der Waals surface area contributed by atoms with Crippen molar-refractivity contribution in [2.45, 2.75) is 61.4 Å². The summed E-state index contributed by atoms with van der Waals surface area (Å²) in [5.74, 6) is -6.65. The molecule has 326 valence electrons. The number of phenolic OH excluding ortho intramolecular Hbond substituents is 4. The highest BCUT2D eigenvalue weighted by Gasteiger charge is 2.46. The molecular formula is C42H38O20. The number of ether oxygens (including phenoxy) is 4. The number of aromatic carboxylic acids is 2. The van der Waals surface area contributed by atoms with Crippen LogP contribution in [0.5, 0.6) is 34.5 Å². The zero-order valence-corrected chi connectivity index (χ0v) is 31.7. The van der Waals surface area contributed by atoms with Gasteiger partial charge in [-0.25, -0.2) is 9.59 Å². The van der Waals surface area contributed by atoms with Gasteiger partial charge in [-0.15, -0.1) is 0 Å². The number of carbonyl (C=O) groups is 2. The van der Waals surface area contributed by atoms with Crippen molar-refractivity contribution in [3.63, 3.8) is 0 Å². The summed E-state index contributed by atoms with van der Waals surface area (Å²) in [6.07, 6.45) is -17.6. The third-order valence-electron chi connectivity index (χ3n) is 11.2. The minimum atomic E-state index is -1.93. The second kappa shape index (κ2) is 15.9. The molecule has 2 aliphatic rings. The van der Waals surface area contributed by atoms with E-state index >= 15 is 0 Å². The molecule has 20 heteroatoms. The SMILES string of the molecule is O=C(O)c1cc(O)c2c(O)c3c(OC4O[C@H](CO)[C@@H](O)[C@H](O)[C@H]4O)cccc3c(-c3c4cc(C(=O)O)cc(O)c4c(O)c4c(O[C@H]5O[C@@H](CO)[C@@H](O)[C@H](O)[C@H]5O)cccc34)c2c1. The lowest BCUT2D eigenvalue weighted by Gasteiger charge is -2.39. The fourth-order valence-electron chi connectivity index (χ4n) is 8.22. The number of carboxylic acid groups (broad SMARTS) is 2. The fraction of sp³-hybridized carbons (Fsp3) is 0.286. The molecular weight excluding hydrogens is 824 g/mol. The first kappa shape index (κ1) is 42.4. The molecule has 0 amide bonds. The molecule has 1 unspecified atom stereocenters. The lowest BCUT2D eigenvalue weighted by Crippen LogP contribution is -2.60. The Balaban J connectivity index is 1.50. The van der Waals surface area contributed by atoms with E-state index in [0.29, 0.717) is 0 Å². The second-order valence-corrected chi connectivity index (χ2v) is 14.9. The van der Waals surface area contributed by atoms with Gasteiger partial charge < -0.3 is 90.4 Å². The normalized spacial score (nSPS) is 26.6. The van der Waals surface area contributed by atoms with Crippen LogP contribution < -0.4 is 9.47 Å². The number of fused-ring (bicyclic) bond motifs is 4. The average molecular weight is 863 g/mol. The van der Waals surface area contributed by atoms with Crippen LogP contribution in [-0.4, -0.2) is 158 Å². The number of hydrogen-bond donors (Lipinski definition) is 14. The lowest BCUT2D eigenvalue weighted by atomic mass is 9.84. The van der Waals surface area contributed by atoms with Gasteiger partial charge in [-0.1, -0.05) is 24.3 Å². The van der Waals surface area contributed by atoms with Crippen LogP contribution in [0.4, 0.5) is 0 Å². The maximum absolute atomic E-state index is 12.5. The molecule has 0 spiro atoms. The highest BCUT2D eigenvalue weighted by molar-refractivity contribution is 6.29. The van der Waals surface area contributed by atoms with Gasteiger partial charge in [0.2, 0.25) is 12.6 Å². The highest BCUT2D eigenvalue weighted by atomic mass is 16.7. The van der Waals surface area contributed by atoms with Crippen LogP contribution in [-0.2, 0) is 9.47 Å². The standard InChI is InChI=1S/C42H38O20/c43-11-23-31(47)35(51)37(53)41(61-23)59-21-5-1-3-15-25(17-7-13(39(55)56)9-19(45)27(17)33(49)29(15)21)26-16-4-2-6-22(60-42-38(54)36(52)32(48)24(12-44)62-42)30(16)34(50)28-18(26)8-14(40(57)58)10-20(28)46/h1-10,23-24,31-32,35-38,41-54H,11-12H2,(H,55,56)(H,57,58)/t23-,24+,31-,32-,35+,36+,37-,38-,41?,42+/m1/s1. The first-order valence-electron chi connectivity index (χ1n) is 18.8. The number of carboxylic acids is 2. The Hall–Kier alpha value is -6.30. The van der Waals surface area contributed by atoms with Crippen molar-refractivity contribution in [2.24, 2.45) is 0 Å². The van der Waals surface area contributed by atoms with Crippen molar-refractivity contribution in [1.29, 1.82) is 0 Å². The Bertz CT molecular complexity index is 2600. The Kier molecular flexibility index (Phi) is 10.9. The topological polar surface area (TPSA) is 354 Å². The lowest BCUT2D eigenvalue weighted by molar-refractivity contribution is -0.277. The van der Waals surface area contributed by atoms with Gasteiger partial charge in [0.05, 0.1) is 45.9 Å². The van der Waals surface area contributed by atoms with E-state index in [1.807, 2.05) is 0 Å². The summed E-state index contributed by atoms with van der Waals surface area (Å²) in [4.78, 5) is 24.9. The van der Waals surface area contributed by atoms with Crippen molar-refractivity contribution in [3.05, 3.63) is 71.8 Å². The Morgan fingerprint density at radius 2 is 0.871 bits per heavy atom. The quantitative estimate of drug-likeness (QED) is 0.0882. The molecule has 6 aromatic carbocycles. The maximum atomic E-state index is 12.5. The number of rotatable bonds is 9. The Morgan fingerprint density at radius 3 is 1.21 bits per heavy atom. The van der Waals surface area contributed by atoms with Gasteiger partial charge >= 0.3 is 11.9 Å². The van der Waals surface area contributed by atoms with Crippen LogP contribution in [0.3, 0.4) is 0 Å². The molecule has 0 saturated carbocycles. The van der Waals surface area contributed by atoms with Crippen LogP contribution in [0, 0.1) is 0 Å². The van der Waals surface area contributed by atoms with Gasteiger partial charge in [-0.2, -0.15) is 0 Å². The molecule has 10 atom stereocenters. The molecule has 62 heavy (non-hydrogen) atoms. The summed E-state index contributed by atoms with van der Waals surface area (Å²) in [5, 5.41) is 149. The maximum Gasteiger partial charge on any atom is 0.335 e. The number of aromatic hydroxyl groups is 4. The molecule has 20 nitrogen and oxygen atoms in total. The highest BCUT2D eigenvalue weighted by Crippen LogP contribution is 2.55. The molecule has 6 aromatic rings. The van der Waals surface area contributed by atoms with E-state index < -0.39 is 131 Å². The van der Waals surface area contributed by atoms with Crippen molar-refractivity contribution >= 4 is 55.0 Å². The predicted octanol–water partition coefficient (Wildman–Crippen LogP) is 0.543. The zero-order valence-electron chi connectivity index (χ0n) is 31.7. The third kappa shape index (κ3) is 6.66. The monoisotopic (exact) mass is 862 g/mol. The summed E-state index contributed by atoms with van der Waals surface area (Å²) in [6, 6.07) is 12.0. The van der Waals surface area contributed by atoms with E-state index in [-0.39, 0.29) is 54.9 Å². The molecule has 2 aliphatic heterocycles. The van der Waals surface area contributed by atoms with Crippen LogP contribution in [0.2, 0.25) is 0 Å². The predicted molar refractivity (Wildman–Crippen MR) is 211 cm³/mol. The van der Waals surface area contributed by atoms with E-state index in [1.54, 1.807) is 0 Å². The summed E-state index contributed by atoms with van der Waals surface area (Å²) < 4.78 is 23.1. The van der Waals surface area contributed by atoms with Gasteiger partial charge in [0.1, 0.15) is 83.3 Å². The average Bonchev–Trinajstić information content (AvgIpc) is 3.24. The number of aliphatic hydroxyl groups is 8. The van der Waals surface area contributed by atoms with Gasteiger partial charge in [0, 0.05) is 0 Å². The molecule has 0 radical (unpaired) electrons. The second-order valence-electron chi connectivity index (χ2n) is 14.9. The number of aliphatic hydroxyl groups excluding tert-OH is 8. The van der Waals surface area contributed by atoms with Crippen LogP contribution in [0.25, 0.3) is 54.2 Å². The van der Waals surface area contributed by atoms with Gasteiger partial charge in [-0.05, 0) is 69.1 Å². The van der Waals surface area contributed by atoms with Crippen molar-refractivity contribution in [3.8, 4) is 45.6 Å². The van der Waals surface area contributed by atoms with Gasteiger partial charge in [-0.3, -0.25) is 0 Å². The number of hydrogen-bond acceptors (Lipinski definition) is 18. The molecule has 14 N–H and O–H groups in total. The number of phenols is 4. The van der Waals surface area contributed by atoms with Crippen molar-refractivity contribution < 1.29 is 100 Å². The molecule has 0 bridgehead atoms. The molecule has 2 saturated heterocycles. The minimum absolute atomic E-state index is 0.0345. The smallest absolute Gasteiger partial charge is 0.335 e. The first-order chi connectivity index (χ1) is 29.5. The number of benzene rings is 6. The summed E-state index contributed by atoms with van der Waals surface area (Å²) in [7, 11) is 0. The van der Waals surface area contributed by atoms with E-state index in [4.69, 9.17) is 18.9 Å². The fourth-order valence-corrected chi connectivity index (χ4v) is 8.22. The summed E-state index contributed by atoms with van der Waals surface area (Å²) >= 11 is 0. The Morgan fingerprint density at radius 1 is 0.500 bits per heavy atom. The zero-order chi connectivity index (χ0) is 44.6. The van der Waals surface area contributed by atoms with Crippen LogP contribution >= 0.6 is 0 Å². The summed E-state index contributed by atoms with van der Waals surface area (Å²) in [6.45, 7) is -1.62. The van der Waals surface area contributed by atoms with Crippen LogP contribution in [0.1, 0.15) is 20.7 Å². The molecule has 0 aliphatic carbocycles. The third-order valence-corrected chi connectivity index (χ3v) is 11.2. The molecule has 2 fully saturated rings. The van der Waals surface area contributed by atoms with E-state index in [9.17, 15) is 81.1 Å². The van der Waals surface area contributed by atoms with Crippen LogP contribution in [0.15, 0.2) is 60.7 Å². The van der Waals surface area contributed by atoms with Crippen molar-refractivity contribution in [1.82, 2.24) is 0 Å². The van der Waals surface area contributed by atoms with Crippen molar-refractivity contribution in [2.75, 3.05) is 13.2 Å². The Labute approximate surface area is 346 Å². The summed E-state index contributed by atoms with van der Waals surface area (Å²) in [5.41, 5.74) is -1.16.